The molecule has 3 aromatic rings. The van der Waals surface area contributed by atoms with Crippen LogP contribution in [0.1, 0.15) is 29.7 Å². The number of pyridine rings is 2. The molecule has 0 aliphatic heterocycles. The quantitative estimate of drug-likeness (QED) is 0.727. The third-order valence-electron chi connectivity index (χ3n) is 3.56. The van der Waals surface area contributed by atoms with Crippen molar-refractivity contribution in [1.82, 2.24) is 20.1 Å². The summed E-state index contributed by atoms with van der Waals surface area (Å²) in [6.45, 7) is 0. The van der Waals surface area contributed by atoms with Crippen molar-refractivity contribution < 1.29 is 4.52 Å². The molecule has 0 saturated heterocycles. The molecule has 1 aliphatic rings. The first kappa shape index (κ1) is 11.3. The molecule has 0 aromatic carbocycles. The second-order valence-corrected chi connectivity index (χ2v) is 4.91. The summed E-state index contributed by atoms with van der Waals surface area (Å²) >= 11 is 0. The van der Waals surface area contributed by atoms with Crippen LogP contribution in [0.5, 0.6) is 0 Å². The fourth-order valence-electron chi connectivity index (χ4n) is 2.42. The topological polar surface area (TPSA) is 64.7 Å². The molecule has 1 saturated carbocycles. The number of nitrogens with zero attached hydrogens (tertiary/aromatic N) is 4. The fourth-order valence-corrected chi connectivity index (χ4v) is 2.42. The standard InChI is InChI=1S/C15H12N4O/c1-2-7-17-13(5-1)14-18-15(20-19-14)12-8-11(12)10-4-3-6-16-9-10/h1-7,9,11-12H,8H2/t11-,12+/m0/s1. The van der Waals surface area contributed by atoms with Crippen molar-refractivity contribution in [3.63, 3.8) is 0 Å². The van der Waals surface area contributed by atoms with E-state index < -0.39 is 0 Å². The summed E-state index contributed by atoms with van der Waals surface area (Å²) in [5.41, 5.74) is 1.97. The minimum Gasteiger partial charge on any atom is -0.339 e. The molecular formula is C15H12N4O. The van der Waals surface area contributed by atoms with E-state index in [1.54, 1.807) is 12.4 Å². The van der Waals surface area contributed by atoms with Gasteiger partial charge in [0.1, 0.15) is 5.69 Å². The average molecular weight is 264 g/mol. The Morgan fingerprint density at radius 3 is 2.85 bits per heavy atom. The van der Waals surface area contributed by atoms with Crippen molar-refractivity contribution in [2.24, 2.45) is 0 Å². The van der Waals surface area contributed by atoms with Crippen LogP contribution in [0.25, 0.3) is 11.5 Å². The summed E-state index contributed by atoms with van der Waals surface area (Å²) in [6.07, 6.45) is 6.45. The summed E-state index contributed by atoms with van der Waals surface area (Å²) in [6, 6.07) is 9.70. The first-order chi connectivity index (χ1) is 9.92. The van der Waals surface area contributed by atoms with Crippen LogP contribution in [0.2, 0.25) is 0 Å². The number of hydrogen-bond acceptors (Lipinski definition) is 5. The van der Waals surface area contributed by atoms with Gasteiger partial charge in [0.15, 0.2) is 0 Å². The molecule has 0 unspecified atom stereocenters. The van der Waals surface area contributed by atoms with Gasteiger partial charge in [-0.1, -0.05) is 17.3 Å². The van der Waals surface area contributed by atoms with Gasteiger partial charge in [-0.3, -0.25) is 9.97 Å². The largest absolute Gasteiger partial charge is 0.339 e. The zero-order chi connectivity index (χ0) is 13.4. The van der Waals surface area contributed by atoms with Crippen LogP contribution in [-0.4, -0.2) is 20.1 Å². The van der Waals surface area contributed by atoms with E-state index in [1.807, 2.05) is 30.5 Å². The van der Waals surface area contributed by atoms with Gasteiger partial charge in [0, 0.05) is 24.5 Å². The van der Waals surface area contributed by atoms with E-state index in [9.17, 15) is 0 Å². The van der Waals surface area contributed by atoms with E-state index in [0.29, 0.717) is 23.6 Å². The number of aromatic nitrogens is 4. The van der Waals surface area contributed by atoms with E-state index in [-0.39, 0.29) is 0 Å². The molecule has 1 fully saturated rings. The van der Waals surface area contributed by atoms with Crippen molar-refractivity contribution in [3.8, 4) is 11.5 Å². The van der Waals surface area contributed by atoms with Crippen LogP contribution in [0.15, 0.2) is 53.4 Å². The Balaban J connectivity index is 1.56. The predicted molar refractivity (Wildman–Crippen MR) is 71.9 cm³/mol. The lowest BCUT2D eigenvalue weighted by Crippen LogP contribution is -1.87. The Labute approximate surface area is 115 Å². The van der Waals surface area contributed by atoms with Crippen molar-refractivity contribution in [2.45, 2.75) is 18.3 Å². The summed E-state index contributed by atoms with van der Waals surface area (Å²) in [4.78, 5) is 12.8. The molecule has 0 bridgehead atoms. The molecule has 3 aromatic heterocycles. The third-order valence-corrected chi connectivity index (χ3v) is 3.56. The molecule has 5 nitrogen and oxygen atoms in total. The van der Waals surface area contributed by atoms with Crippen molar-refractivity contribution >= 4 is 0 Å². The highest BCUT2D eigenvalue weighted by molar-refractivity contribution is 5.47. The maximum atomic E-state index is 5.37. The van der Waals surface area contributed by atoms with Gasteiger partial charge in [-0.2, -0.15) is 4.98 Å². The highest BCUT2D eigenvalue weighted by Gasteiger charge is 2.43. The van der Waals surface area contributed by atoms with E-state index >= 15 is 0 Å². The van der Waals surface area contributed by atoms with Gasteiger partial charge in [-0.15, -0.1) is 0 Å². The summed E-state index contributed by atoms with van der Waals surface area (Å²) < 4.78 is 5.37. The van der Waals surface area contributed by atoms with Crippen LogP contribution in [0.3, 0.4) is 0 Å². The molecule has 2 atom stereocenters. The van der Waals surface area contributed by atoms with Crippen LogP contribution >= 0.6 is 0 Å². The minimum atomic E-state index is 0.309. The van der Waals surface area contributed by atoms with Gasteiger partial charge in [-0.25, -0.2) is 0 Å². The summed E-state index contributed by atoms with van der Waals surface area (Å²) in [5, 5.41) is 4.01. The Morgan fingerprint density at radius 2 is 2.05 bits per heavy atom. The van der Waals surface area contributed by atoms with Gasteiger partial charge in [0.05, 0.1) is 0 Å². The smallest absolute Gasteiger partial charge is 0.230 e. The van der Waals surface area contributed by atoms with Crippen LogP contribution in [0.4, 0.5) is 0 Å². The Kier molecular flexibility index (Phi) is 2.55. The van der Waals surface area contributed by atoms with Gasteiger partial charge >= 0.3 is 0 Å². The number of hydrogen-bond donors (Lipinski definition) is 0. The molecule has 3 heterocycles. The molecule has 20 heavy (non-hydrogen) atoms. The lowest BCUT2D eigenvalue weighted by atomic mass is 10.1. The molecular weight excluding hydrogens is 252 g/mol. The van der Waals surface area contributed by atoms with E-state index in [0.717, 1.165) is 12.1 Å². The zero-order valence-corrected chi connectivity index (χ0v) is 10.7. The second-order valence-electron chi connectivity index (χ2n) is 4.91. The van der Waals surface area contributed by atoms with Gasteiger partial charge in [0.25, 0.3) is 0 Å². The van der Waals surface area contributed by atoms with E-state index in [2.05, 4.69) is 26.2 Å². The first-order valence-corrected chi connectivity index (χ1v) is 6.57. The SMILES string of the molecule is c1ccc(-c2noc([C@@H]3C[C@H]3c3cccnc3)n2)nc1. The Hall–Kier alpha value is -2.56. The lowest BCUT2D eigenvalue weighted by molar-refractivity contribution is 0.378. The van der Waals surface area contributed by atoms with Gasteiger partial charge in [-0.05, 0) is 36.1 Å². The van der Waals surface area contributed by atoms with Crippen LogP contribution < -0.4 is 0 Å². The van der Waals surface area contributed by atoms with E-state index in [4.69, 9.17) is 4.52 Å². The van der Waals surface area contributed by atoms with Crippen LogP contribution in [0, 0.1) is 0 Å². The monoisotopic (exact) mass is 264 g/mol. The highest BCUT2D eigenvalue weighted by atomic mass is 16.5. The predicted octanol–water partition coefficient (Wildman–Crippen LogP) is 2.80. The molecule has 0 amide bonds. The minimum absolute atomic E-state index is 0.309. The first-order valence-electron chi connectivity index (χ1n) is 6.57. The Morgan fingerprint density at radius 1 is 1.05 bits per heavy atom. The molecule has 0 N–H and O–H groups in total. The van der Waals surface area contributed by atoms with E-state index in [1.165, 1.54) is 5.56 Å². The molecule has 0 radical (unpaired) electrons. The maximum absolute atomic E-state index is 5.37. The van der Waals surface area contributed by atoms with Crippen molar-refractivity contribution in [2.75, 3.05) is 0 Å². The van der Waals surface area contributed by atoms with Crippen molar-refractivity contribution in [3.05, 3.63) is 60.4 Å². The van der Waals surface area contributed by atoms with Gasteiger partial charge < -0.3 is 4.52 Å². The average Bonchev–Trinajstić information content (AvgIpc) is 3.18. The number of rotatable bonds is 3. The molecule has 0 spiro atoms. The lowest BCUT2D eigenvalue weighted by Gasteiger charge is -1.95. The molecule has 1 aliphatic carbocycles. The third kappa shape index (κ3) is 1.97. The molecule has 98 valence electrons. The van der Waals surface area contributed by atoms with Crippen LogP contribution in [-0.2, 0) is 0 Å². The molecule has 5 heteroatoms. The van der Waals surface area contributed by atoms with Crippen molar-refractivity contribution in [1.29, 1.82) is 0 Å². The summed E-state index contributed by atoms with van der Waals surface area (Å²) in [7, 11) is 0. The second kappa shape index (κ2) is 4.52. The van der Waals surface area contributed by atoms with Gasteiger partial charge in [0.2, 0.25) is 11.7 Å². The highest BCUT2D eigenvalue weighted by Crippen LogP contribution is 2.53. The summed E-state index contributed by atoms with van der Waals surface area (Å²) in [5.74, 6) is 2.00. The maximum Gasteiger partial charge on any atom is 0.230 e. The fraction of sp³-hybridized carbons (Fsp3) is 0.200. The molecule has 4 rings (SSSR count). The Bertz CT molecular complexity index is 711. The normalized spacial score (nSPS) is 20.8. The zero-order valence-electron chi connectivity index (χ0n) is 10.7.